The van der Waals surface area contributed by atoms with E-state index in [4.69, 9.17) is 4.74 Å². The van der Waals surface area contributed by atoms with Crippen LogP contribution in [-0.2, 0) is 4.79 Å². The van der Waals surface area contributed by atoms with Crippen molar-refractivity contribution in [3.63, 3.8) is 0 Å². The molecule has 0 unspecified atom stereocenters. The molecule has 0 spiro atoms. The molecule has 1 heterocycles. The molecule has 3 nitrogen and oxygen atoms in total. The zero-order valence-electron chi connectivity index (χ0n) is 9.39. The Bertz CT molecular complexity index is 331. The summed E-state index contributed by atoms with van der Waals surface area (Å²) in [6, 6.07) is 9.47. The Kier molecular flexibility index (Phi) is 3.81. The van der Waals surface area contributed by atoms with Crippen LogP contribution in [0.3, 0.4) is 0 Å². The van der Waals surface area contributed by atoms with Crippen molar-refractivity contribution in [1.82, 2.24) is 4.90 Å². The van der Waals surface area contributed by atoms with Gasteiger partial charge >= 0.3 is 0 Å². The van der Waals surface area contributed by atoms with Crippen molar-refractivity contribution < 1.29 is 9.53 Å². The SMILES string of the molecule is O=C(COc1ccccc1)N1CCCCC1. The molecule has 0 aromatic heterocycles. The number of piperidine rings is 1. The van der Waals surface area contributed by atoms with Crippen LogP contribution in [0.1, 0.15) is 19.3 Å². The molecule has 1 aromatic carbocycles. The van der Waals surface area contributed by atoms with Crippen LogP contribution in [0.4, 0.5) is 0 Å². The molecular weight excluding hydrogens is 202 g/mol. The minimum absolute atomic E-state index is 0.101. The van der Waals surface area contributed by atoms with Gasteiger partial charge in [0.1, 0.15) is 5.75 Å². The van der Waals surface area contributed by atoms with E-state index in [2.05, 4.69) is 0 Å². The smallest absolute Gasteiger partial charge is 0.260 e. The summed E-state index contributed by atoms with van der Waals surface area (Å²) in [5.74, 6) is 0.858. The molecule has 1 aliphatic heterocycles. The normalized spacial score (nSPS) is 15.9. The number of nitrogens with zero attached hydrogens (tertiary/aromatic N) is 1. The van der Waals surface area contributed by atoms with E-state index in [9.17, 15) is 4.79 Å². The highest BCUT2D eigenvalue weighted by Crippen LogP contribution is 2.11. The van der Waals surface area contributed by atoms with Crippen molar-refractivity contribution in [1.29, 1.82) is 0 Å². The maximum Gasteiger partial charge on any atom is 0.260 e. The molecule has 86 valence electrons. The Balaban J connectivity index is 1.79. The Morgan fingerprint density at radius 2 is 1.81 bits per heavy atom. The maximum absolute atomic E-state index is 11.8. The third kappa shape index (κ3) is 2.99. The van der Waals surface area contributed by atoms with Gasteiger partial charge in [-0.25, -0.2) is 0 Å². The second-order valence-corrected chi connectivity index (χ2v) is 4.04. The van der Waals surface area contributed by atoms with E-state index >= 15 is 0 Å². The molecule has 0 radical (unpaired) electrons. The summed E-state index contributed by atoms with van der Waals surface area (Å²) >= 11 is 0. The van der Waals surface area contributed by atoms with E-state index < -0.39 is 0 Å². The Labute approximate surface area is 96.0 Å². The highest BCUT2D eigenvalue weighted by Gasteiger charge is 2.16. The lowest BCUT2D eigenvalue weighted by Crippen LogP contribution is -2.38. The number of amides is 1. The van der Waals surface area contributed by atoms with Crippen molar-refractivity contribution >= 4 is 5.91 Å². The predicted octanol–water partition coefficient (Wildman–Crippen LogP) is 2.08. The fraction of sp³-hybridized carbons (Fsp3) is 0.462. The Morgan fingerprint density at radius 3 is 2.50 bits per heavy atom. The molecule has 16 heavy (non-hydrogen) atoms. The first kappa shape index (κ1) is 11.0. The van der Waals surface area contributed by atoms with Gasteiger partial charge in [0.25, 0.3) is 5.91 Å². The number of carbonyl (C=O) groups excluding carboxylic acids is 1. The number of hydrogen-bond donors (Lipinski definition) is 0. The number of hydrogen-bond acceptors (Lipinski definition) is 2. The van der Waals surface area contributed by atoms with E-state index in [1.807, 2.05) is 35.2 Å². The molecule has 0 atom stereocenters. The summed E-state index contributed by atoms with van der Waals surface area (Å²) < 4.78 is 5.43. The van der Waals surface area contributed by atoms with Crippen LogP contribution in [-0.4, -0.2) is 30.5 Å². The molecule has 1 saturated heterocycles. The van der Waals surface area contributed by atoms with E-state index in [-0.39, 0.29) is 12.5 Å². The molecule has 1 aromatic rings. The molecule has 0 N–H and O–H groups in total. The second-order valence-electron chi connectivity index (χ2n) is 4.04. The Hall–Kier alpha value is -1.51. The summed E-state index contributed by atoms with van der Waals surface area (Å²) in [4.78, 5) is 13.7. The van der Waals surface area contributed by atoms with Gasteiger partial charge in [-0.2, -0.15) is 0 Å². The van der Waals surface area contributed by atoms with Gasteiger partial charge in [-0.1, -0.05) is 18.2 Å². The standard InChI is InChI=1S/C13H17NO2/c15-13(14-9-5-2-6-10-14)11-16-12-7-3-1-4-8-12/h1,3-4,7-8H,2,5-6,9-11H2. The van der Waals surface area contributed by atoms with Gasteiger partial charge in [-0.05, 0) is 31.4 Å². The highest BCUT2D eigenvalue weighted by atomic mass is 16.5. The zero-order valence-corrected chi connectivity index (χ0v) is 9.39. The number of carbonyl (C=O) groups is 1. The summed E-state index contributed by atoms with van der Waals surface area (Å²) in [5, 5.41) is 0. The summed E-state index contributed by atoms with van der Waals surface area (Å²) in [6.07, 6.45) is 3.48. The average Bonchev–Trinajstić information content (AvgIpc) is 2.38. The van der Waals surface area contributed by atoms with Crippen LogP contribution in [0.15, 0.2) is 30.3 Å². The van der Waals surface area contributed by atoms with Crippen LogP contribution < -0.4 is 4.74 Å². The van der Waals surface area contributed by atoms with E-state index in [0.717, 1.165) is 31.7 Å². The number of ether oxygens (including phenoxy) is 1. The van der Waals surface area contributed by atoms with Crippen LogP contribution in [0, 0.1) is 0 Å². The molecule has 2 rings (SSSR count). The summed E-state index contributed by atoms with van der Waals surface area (Å²) in [5.41, 5.74) is 0. The lowest BCUT2D eigenvalue weighted by Gasteiger charge is -2.26. The van der Waals surface area contributed by atoms with Crippen molar-refractivity contribution in [2.24, 2.45) is 0 Å². The van der Waals surface area contributed by atoms with Gasteiger partial charge in [-0.3, -0.25) is 4.79 Å². The van der Waals surface area contributed by atoms with Crippen molar-refractivity contribution in [2.75, 3.05) is 19.7 Å². The van der Waals surface area contributed by atoms with Gasteiger partial charge in [0, 0.05) is 13.1 Å². The van der Waals surface area contributed by atoms with E-state index in [1.54, 1.807) is 0 Å². The number of benzene rings is 1. The van der Waals surface area contributed by atoms with Gasteiger partial charge in [0.2, 0.25) is 0 Å². The van der Waals surface area contributed by atoms with Crippen LogP contribution >= 0.6 is 0 Å². The second kappa shape index (κ2) is 5.54. The maximum atomic E-state index is 11.8. The largest absolute Gasteiger partial charge is 0.484 e. The molecule has 1 aliphatic rings. The first-order valence-electron chi connectivity index (χ1n) is 5.82. The third-order valence-corrected chi connectivity index (χ3v) is 2.81. The fourth-order valence-corrected chi connectivity index (χ4v) is 1.90. The topological polar surface area (TPSA) is 29.5 Å². The van der Waals surface area contributed by atoms with E-state index in [0.29, 0.717) is 0 Å². The zero-order chi connectivity index (χ0) is 11.2. The van der Waals surface area contributed by atoms with Crippen molar-refractivity contribution in [2.45, 2.75) is 19.3 Å². The van der Waals surface area contributed by atoms with Gasteiger partial charge in [0.05, 0.1) is 0 Å². The summed E-state index contributed by atoms with van der Waals surface area (Å²) in [6.45, 7) is 1.93. The van der Waals surface area contributed by atoms with Crippen molar-refractivity contribution in [3.8, 4) is 5.75 Å². The number of likely N-dealkylation sites (tertiary alicyclic amines) is 1. The number of rotatable bonds is 3. The molecule has 3 heteroatoms. The van der Waals surface area contributed by atoms with Crippen LogP contribution in [0.5, 0.6) is 5.75 Å². The molecule has 0 aliphatic carbocycles. The van der Waals surface area contributed by atoms with Gasteiger partial charge in [0.15, 0.2) is 6.61 Å². The van der Waals surface area contributed by atoms with Crippen LogP contribution in [0.25, 0.3) is 0 Å². The van der Waals surface area contributed by atoms with Crippen LogP contribution in [0.2, 0.25) is 0 Å². The Morgan fingerprint density at radius 1 is 1.12 bits per heavy atom. The lowest BCUT2D eigenvalue weighted by atomic mass is 10.1. The van der Waals surface area contributed by atoms with Gasteiger partial charge < -0.3 is 9.64 Å². The molecule has 1 amide bonds. The lowest BCUT2D eigenvalue weighted by molar-refractivity contribution is -0.134. The van der Waals surface area contributed by atoms with Crippen molar-refractivity contribution in [3.05, 3.63) is 30.3 Å². The molecular formula is C13H17NO2. The monoisotopic (exact) mass is 219 g/mol. The highest BCUT2D eigenvalue weighted by molar-refractivity contribution is 5.77. The minimum atomic E-state index is 0.101. The average molecular weight is 219 g/mol. The molecule has 0 bridgehead atoms. The quantitative estimate of drug-likeness (QED) is 0.779. The predicted molar refractivity (Wildman–Crippen MR) is 62.4 cm³/mol. The first-order valence-corrected chi connectivity index (χ1v) is 5.82. The molecule has 0 saturated carbocycles. The fourth-order valence-electron chi connectivity index (χ4n) is 1.90. The van der Waals surface area contributed by atoms with Gasteiger partial charge in [-0.15, -0.1) is 0 Å². The first-order chi connectivity index (χ1) is 7.86. The summed E-state index contributed by atoms with van der Waals surface area (Å²) in [7, 11) is 0. The number of para-hydroxylation sites is 1. The molecule has 1 fully saturated rings. The van der Waals surface area contributed by atoms with E-state index in [1.165, 1.54) is 6.42 Å². The third-order valence-electron chi connectivity index (χ3n) is 2.81. The minimum Gasteiger partial charge on any atom is -0.484 e.